The largest absolute Gasteiger partial charge is 0.481 e. The fraction of sp³-hybridized carbons (Fsp3) is 0.600. The smallest absolute Gasteiger partial charge is 0.333 e. The van der Waals surface area contributed by atoms with Crippen LogP contribution < -0.4 is 5.32 Å². The van der Waals surface area contributed by atoms with E-state index in [-0.39, 0.29) is 13.2 Å². The van der Waals surface area contributed by atoms with Crippen molar-refractivity contribution < 1.29 is 44.3 Å². The van der Waals surface area contributed by atoms with E-state index >= 15 is 0 Å². The van der Waals surface area contributed by atoms with E-state index in [0.29, 0.717) is 0 Å². The molecule has 0 fully saturated rings. The number of aliphatic carboxylic acids is 4. The first-order valence-corrected chi connectivity index (χ1v) is 5.48. The summed E-state index contributed by atoms with van der Waals surface area (Å²) in [6, 6.07) is -1.33. The molecule has 0 aromatic rings. The van der Waals surface area contributed by atoms with Gasteiger partial charge in [0, 0.05) is 6.54 Å². The van der Waals surface area contributed by atoms with Gasteiger partial charge in [0.1, 0.15) is 6.04 Å². The summed E-state index contributed by atoms with van der Waals surface area (Å²) in [5, 5.41) is 36.6. The van der Waals surface area contributed by atoms with Gasteiger partial charge in [0.25, 0.3) is 0 Å². The molecule has 0 amide bonds. The van der Waals surface area contributed by atoms with Crippen LogP contribution in [0.3, 0.4) is 0 Å². The molecule has 0 aromatic heterocycles. The molecule has 5 N–H and O–H groups in total. The molecule has 20 heavy (non-hydrogen) atoms. The van der Waals surface area contributed by atoms with Crippen molar-refractivity contribution in [3.05, 3.63) is 0 Å². The monoisotopic (exact) mass is 293 g/mol. The molecule has 0 aliphatic rings. The van der Waals surface area contributed by atoms with Crippen molar-refractivity contribution in [1.29, 1.82) is 0 Å². The van der Waals surface area contributed by atoms with Gasteiger partial charge in [-0.15, -0.1) is 0 Å². The Hall–Kier alpha value is -2.20. The molecule has 114 valence electrons. The van der Waals surface area contributed by atoms with E-state index in [1.165, 1.54) is 0 Å². The quantitative estimate of drug-likeness (QED) is 0.281. The van der Waals surface area contributed by atoms with Crippen LogP contribution in [0.4, 0.5) is 0 Å². The van der Waals surface area contributed by atoms with Gasteiger partial charge in [-0.3, -0.25) is 14.4 Å². The molecule has 0 saturated heterocycles. The number of hydrogen-bond acceptors (Lipinski definition) is 6. The first kappa shape index (κ1) is 17.8. The Morgan fingerprint density at radius 2 is 1.45 bits per heavy atom. The molecule has 10 heteroatoms. The molecule has 0 aliphatic heterocycles. The Morgan fingerprint density at radius 3 is 1.85 bits per heavy atom. The Balaban J connectivity index is 4.13. The second-order valence-corrected chi connectivity index (χ2v) is 3.74. The van der Waals surface area contributed by atoms with Crippen molar-refractivity contribution in [2.24, 2.45) is 0 Å². The summed E-state index contributed by atoms with van der Waals surface area (Å²) in [5.74, 6) is -5.47. The third-order valence-corrected chi connectivity index (χ3v) is 2.12. The van der Waals surface area contributed by atoms with Crippen molar-refractivity contribution in [2.45, 2.75) is 25.0 Å². The lowest BCUT2D eigenvalue weighted by Crippen LogP contribution is -2.41. The molecule has 0 aliphatic carbocycles. The van der Waals surface area contributed by atoms with E-state index < -0.39 is 48.9 Å². The predicted octanol–water partition coefficient (Wildman–Crippen LogP) is -1.55. The highest BCUT2D eigenvalue weighted by Crippen LogP contribution is 1.99. The van der Waals surface area contributed by atoms with Crippen LogP contribution in [-0.2, 0) is 23.9 Å². The lowest BCUT2D eigenvalue weighted by Gasteiger charge is -2.14. The van der Waals surface area contributed by atoms with E-state index in [2.05, 4.69) is 5.32 Å². The maximum Gasteiger partial charge on any atom is 0.333 e. The molecule has 0 rings (SSSR count). The van der Waals surface area contributed by atoms with Gasteiger partial charge in [0.05, 0.1) is 19.4 Å². The molecule has 0 heterocycles. The van der Waals surface area contributed by atoms with Gasteiger partial charge in [-0.1, -0.05) is 0 Å². The van der Waals surface area contributed by atoms with Gasteiger partial charge < -0.3 is 30.5 Å². The fourth-order valence-corrected chi connectivity index (χ4v) is 1.23. The van der Waals surface area contributed by atoms with Crippen molar-refractivity contribution >= 4 is 23.9 Å². The zero-order valence-electron chi connectivity index (χ0n) is 10.3. The highest BCUT2D eigenvalue weighted by Gasteiger charge is 2.23. The van der Waals surface area contributed by atoms with Crippen molar-refractivity contribution in [3.8, 4) is 0 Å². The van der Waals surface area contributed by atoms with Crippen molar-refractivity contribution in [2.75, 3.05) is 13.2 Å². The molecule has 0 saturated carbocycles. The summed E-state index contributed by atoms with van der Waals surface area (Å²) in [4.78, 5) is 42.1. The van der Waals surface area contributed by atoms with Crippen LogP contribution in [-0.4, -0.2) is 69.6 Å². The fourth-order valence-electron chi connectivity index (χ4n) is 1.23. The second-order valence-electron chi connectivity index (χ2n) is 3.74. The molecule has 0 aromatic carbocycles. The zero-order chi connectivity index (χ0) is 15.7. The average Bonchev–Trinajstić information content (AvgIpc) is 2.29. The molecule has 2 atom stereocenters. The van der Waals surface area contributed by atoms with E-state index in [0.717, 1.165) is 0 Å². The highest BCUT2D eigenvalue weighted by atomic mass is 16.5. The summed E-state index contributed by atoms with van der Waals surface area (Å²) in [7, 11) is 0. The van der Waals surface area contributed by atoms with E-state index in [4.69, 9.17) is 25.2 Å². The van der Waals surface area contributed by atoms with Gasteiger partial charge in [0.2, 0.25) is 0 Å². The Morgan fingerprint density at radius 1 is 0.900 bits per heavy atom. The normalized spacial score (nSPS) is 13.4. The van der Waals surface area contributed by atoms with Crippen LogP contribution in [0.1, 0.15) is 12.8 Å². The Bertz CT molecular complexity index is 345. The van der Waals surface area contributed by atoms with E-state index in [9.17, 15) is 19.2 Å². The first-order valence-electron chi connectivity index (χ1n) is 5.48. The summed E-state index contributed by atoms with van der Waals surface area (Å²) < 4.78 is 4.77. The lowest BCUT2D eigenvalue weighted by molar-refractivity contribution is -0.156. The van der Waals surface area contributed by atoms with Crippen molar-refractivity contribution in [3.63, 3.8) is 0 Å². The summed E-state index contributed by atoms with van der Waals surface area (Å²) in [6.07, 6.45) is -2.92. The molecule has 0 bridgehead atoms. The van der Waals surface area contributed by atoms with Crippen LogP contribution in [0.15, 0.2) is 0 Å². The maximum absolute atomic E-state index is 10.7. The van der Waals surface area contributed by atoms with Crippen LogP contribution in [0.2, 0.25) is 0 Å². The highest BCUT2D eigenvalue weighted by molar-refractivity contribution is 5.80. The summed E-state index contributed by atoms with van der Waals surface area (Å²) in [6.45, 7) is -0.401. The van der Waals surface area contributed by atoms with Gasteiger partial charge >= 0.3 is 23.9 Å². The number of carbonyl (C=O) groups is 4. The first-order chi connectivity index (χ1) is 9.23. The molecule has 0 radical (unpaired) electrons. The molecular formula is C10H15NO9. The minimum absolute atomic E-state index is 0.131. The van der Waals surface area contributed by atoms with Crippen LogP contribution in [0.25, 0.3) is 0 Å². The SMILES string of the molecule is O=C(O)CC(OCCN[C@@H](CC(=O)O)C(=O)O)C(=O)O. The number of nitrogens with one attached hydrogen (secondary N) is 1. The minimum Gasteiger partial charge on any atom is -0.481 e. The third kappa shape index (κ3) is 8.00. The second kappa shape index (κ2) is 8.82. The minimum atomic E-state index is -1.54. The predicted molar refractivity (Wildman–Crippen MR) is 61.3 cm³/mol. The summed E-state index contributed by atoms with van der Waals surface area (Å²) >= 11 is 0. The van der Waals surface area contributed by atoms with Crippen LogP contribution in [0, 0.1) is 0 Å². The van der Waals surface area contributed by atoms with E-state index in [1.54, 1.807) is 0 Å². The molecule has 10 nitrogen and oxygen atoms in total. The number of carboxylic acid groups (broad SMARTS) is 4. The standard InChI is InChI=1S/C10H15NO9/c12-7(13)3-5(9(16)17)11-1-2-20-6(10(18)19)4-8(14)15/h5-6,11H,1-4H2,(H,12,13)(H,14,15)(H,16,17)(H,18,19)/t5-,6?/m0/s1. The number of ether oxygens (including phenoxy) is 1. The Labute approximate surface area is 113 Å². The maximum atomic E-state index is 10.7. The van der Waals surface area contributed by atoms with Crippen molar-refractivity contribution in [1.82, 2.24) is 5.32 Å². The van der Waals surface area contributed by atoms with E-state index in [1.807, 2.05) is 0 Å². The van der Waals surface area contributed by atoms with Gasteiger partial charge in [-0.25, -0.2) is 4.79 Å². The topological polar surface area (TPSA) is 170 Å². The average molecular weight is 293 g/mol. The Kier molecular flexibility index (Phi) is 7.85. The number of hydrogen-bond donors (Lipinski definition) is 5. The van der Waals surface area contributed by atoms with Crippen LogP contribution >= 0.6 is 0 Å². The number of carboxylic acids is 4. The molecule has 0 spiro atoms. The number of rotatable bonds is 11. The molecule has 1 unspecified atom stereocenters. The van der Waals surface area contributed by atoms with Gasteiger partial charge in [-0.05, 0) is 0 Å². The van der Waals surface area contributed by atoms with Crippen LogP contribution in [0.5, 0.6) is 0 Å². The zero-order valence-corrected chi connectivity index (χ0v) is 10.3. The molecular weight excluding hydrogens is 278 g/mol. The lowest BCUT2D eigenvalue weighted by atomic mass is 10.2. The summed E-state index contributed by atoms with van der Waals surface area (Å²) in [5.41, 5.74) is 0. The van der Waals surface area contributed by atoms with Gasteiger partial charge in [0.15, 0.2) is 6.10 Å². The van der Waals surface area contributed by atoms with Gasteiger partial charge in [-0.2, -0.15) is 0 Å². The third-order valence-electron chi connectivity index (χ3n) is 2.12.